The summed E-state index contributed by atoms with van der Waals surface area (Å²) < 4.78 is 50.6. The SMILES string of the molecule is O=C(O)c1ccc(-c2c(C3CC4CCC(C3)O4)n(-c3ccc(F)c(F)c3)c3cc(F)cc(O)c23)cc1. The number of halogens is 3. The molecule has 2 aliphatic heterocycles. The molecule has 0 radical (unpaired) electrons. The number of rotatable bonds is 4. The Hall–Kier alpha value is -3.78. The topological polar surface area (TPSA) is 71.7 Å². The van der Waals surface area contributed by atoms with Gasteiger partial charge in [0, 0.05) is 35.0 Å². The van der Waals surface area contributed by atoms with Gasteiger partial charge in [-0.1, -0.05) is 12.1 Å². The van der Waals surface area contributed by atoms with E-state index in [2.05, 4.69) is 0 Å². The molecule has 2 saturated heterocycles. The minimum atomic E-state index is -1.07. The van der Waals surface area contributed by atoms with Crippen LogP contribution in [-0.2, 0) is 4.74 Å². The first-order chi connectivity index (χ1) is 17.3. The number of benzene rings is 3. The standard InChI is InChI=1S/C28H22F3NO4/c29-17-11-23-26(24(33)12-17)25(14-1-3-15(4-2-14)28(34)35)27(16-9-19-6-7-20(10-16)36-19)32(23)18-5-8-21(30)22(31)13-18/h1-5,8,11-13,16,19-20,33H,6-7,9-10H2,(H,34,35). The minimum absolute atomic E-state index is 0.0535. The number of aromatic hydroxyl groups is 1. The zero-order valence-electron chi connectivity index (χ0n) is 19.0. The van der Waals surface area contributed by atoms with Crippen molar-refractivity contribution in [2.24, 2.45) is 0 Å². The van der Waals surface area contributed by atoms with Gasteiger partial charge in [-0.2, -0.15) is 0 Å². The second kappa shape index (κ2) is 8.41. The van der Waals surface area contributed by atoms with Gasteiger partial charge in [-0.05, 0) is 61.6 Å². The van der Waals surface area contributed by atoms with Crippen LogP contribution in [-0.4, -0.2) is 33.0 Å². The number of ether oxygens (including phenoxy) is 1. The molecule has 5 nitrogen and oxygen atoms in total. The van der Waals surface area contributed by atoms with Crippen LogP contribution in [0.3, 0.4) is 0 Å². The number of hydrogen-bond donors (Lipinski definition) is 2. The number of carboxylic acid groups (broad SMARTS) is 1. The van der Waals surface area contributed by atoms with Crippen LogP contribution in [0.5, 0.6) is 5.75 Å². The molecule has 0 aliphatic carbocycles. The zero-order chi connectivity index (χ0) is 25.1. The molecule has 6 rings (SSSR count). The van der Waals surface area contributed by atoms with E-state index in [1.807, 2.05) is 0 Å². The van der Waals surface area contributed by atoms with Crippen LogP contribution in [0.2, 0.25) is 0 Å². The lowest BCUT2D eigenvalue weighted by molar-refractivity contribution is -0.00449. The Kier molecular flexibility index (Phi) is 5.30. The number of carboxylic acids is 1. The molecule has 2 unspecified atom stereocenters. The molecular formula is C28H22F3NO4. The fraction of sp³-hybridized carbons (Fsp3) is 0.250. The maximum absolute atomic E-state index is 14.6. The van der Waals surface area contributed by atoms with Gasteiger partial charge in [0.1, 0.15) is 11.6 Å². The average Bonchev–Trinajstić information content (AvgIpc) is 3.37. The molecule has 0 amide bonds. The molecule has 2 atom stereocenters. The van der Waals surface area contributed by atoms with Crippen molar-refractivity contribution in [3.63, 3.8) is 0 Å². The van der Waals surface area contributed by atoms with E-state index in [1.165, 1.54) is 24.3 Å². The van der Waals surface area contributed by atoms with Crippen molar-refractivity contribution in [3.05, 3.63) is 83.3 Å². The molecule has 3 aromatic carbocycles. The van der Waals surface area contributed by atoms with Crippen molar-refractivity contribution in [3.8, 4) is 22.6 Å². The molecule has 2 bridgehead atoms. The molecular weight excluding hydrogens is 471 g/mol. The Morgan fingerprint density at radius 3 is 2.25 bits per heavy atom. The van der Waals surface area contributed by atoms with Crippen LogP contribution in [0.15, 0.2) is 54.6 Å². The Morgan fingerprint density at radius 1 is 0.917 bits per heavy atom. The summed E-state index contributed by atoms with van der Waals surface area (Å²) in [5, 5.41) is 20.6. The van der Waals surface area contributed by atoms with Crippen molar-refractivity contribution >= 4 is 16.9 Å². The second-order valence-electron chi connectivity index (χ2n) is 9.52. The fourth-order valence-electron chi connectivity index (χ4n) is 5.82. The van der Waals surface area contributed by atoms with Gasteiger partial charge in [-0.3, -0.25) is 0 Å². The van der Waals surface area contributed by atoms with Gasteiger partial charge in [-0.25, -0.2) is 18.0 Å². The van der Waals surface area contributed by atoms with Gasteiger partial charge >= 0.3 is 5.97 Å². The van der Waals surface area contributed by atoms with Crippen LogP contribution < -0.4 is 0 Å². The van der Waals surface area contributed by atoms with E-state index in [4.69, 9.17) is 4.74 Å². The molecule has 0 spiro atoms. The Labute approximate surface area is 204 Å². The number of nitrogens with zero attached hydrogens (tertiary/aromatic N) is 1. The summed E-state index contributed by atoms with van der Waals surface area (Å²) in [5.41, 5.74) is 2.66. The highest BCUT2D eigenvalue weighted by atomic mass is 19.2. The number of phenols is 1. The number of carbonyl (C=O) groups is 1. The maximum atomic E-state index is 14.6. The van der Waals surface area contributed by atoms with E-state index in [0.29, 0.717) is 40.6 Å². The van der Waals surface area contributed by atoms with Gasteiger partial charge in [0.15, 0.2) is 11.6 Å². The summed E-state index contributed by atoms with van der Waals surface area (Å²) in [4.78, 5) is 11.4. The van der Waals surface area contributed by atoms with Crippen molar-refractivity contribution in [2.45, 2.75) is 43.8 Å². The second-order valence-corrected chi connectivity index (χ2v) is 9.52. The highest BCUT2D eigenvalue weighted by Gasteiger charge is 2.39. The number of aromatic carboxylic acids is 1. The lowest BCUT2D eigenvalue weighted by Crippen LogP contribution is -2.25. The van der Waals surface area contributed by atoms with Crippen molar-refractivity contribution in [2.75, 3.05) is 0 Å². The fourth-order valence-corrected chi connectivity index (χ4v) is 5.82. The van der Waals surface area contributed by atoms with Crippen LogP contribution >= 0.6 is 0 Å². The molecule has 1 aromatic heterocycles. The van der Waals surface area contributed by atoms with Crippen molar-refractivity contribution < 1.29 is 32.9 Å². The van der Waals surface area contributed by atoms with Gasteiger partial charge in [0.05, 0.1) is 28.7 Å². The third-order valence-electron chi connectivity index (χ3n) is 7.31. The van der Waals surface area contributed by atoms with E-state index in [-0.39, 0.29) is 29.4 Å². The van der Waals surface area contributed by atoms with Gasteiger partial charge in [-0.15, -0.1) is 0 Å². The highest BCUT2D eigenvalue weighted by Crippen LogP contribution is 2.50. The predicted octanol–water partition coefficient (Wildman–Crippen LogP) is 6.54. The normalized spacial score (nSPS) is 21.2. The highest BCUT2D eigenvalue weighted by molar-refractivity contribution is 6.03. The van der Waals surface area contributed by atoms with Crippen molar-refractivity contribution in [1.29, 1.82) is 0 Å². The molecule has 2 N–H and O–H groups in total. The van der Waals surface area contributed by atoms with E-state index in [1.54, 1.807) is 16.7 Å². The van der Waals surface area contributed by atoms with Crippen LogP contribution in [0, 0.1) is 17.5 Å². The summed E-state index contributed by atoms with van der Waals surface area (Å²) in [6, 6.07) is 12.0. The van der Waals surface area contributed by atoms with E-state index >= 15 is 0 Å². The summed E-state index contributed by atoms with van der Waals surface area (Å²) in [7, 11) is 0. The molecule has 2 aliphatic rings. The average molecular weight is 493 g/mol. The lowest BCUT2D eigenvalue weighted by atomic mass is 9.87. The van der Waals surface area contributed by atoms with E-state index < -0.39 is 23.4 Å². The maximum Gasteiger partial charge on any atom is 0.335 e. The molecule has 3 heterocycles. The molecule has 0 saturated carbocycles. The first-order valence-corrected chi connectivity index (χ1v) is 11.8. The molecule has 8 heteroatoms. The van der Waals surface area contributed by atoms with Crippen molar-refractivity contribution in [1.82, 2.24) is 4.57 Å². The third kappa shape index (κ3) is 3.64. The minimum Gasteiger partial charge on any atom is -0.507 e. The number of phenolic OH excluding ortho intramolecular Hbond substituents is 1. The quantitative estimate of drug-likeness (QED) is 0.339. The van der Waals surface area contributed by atoms with Crippen LogP contribution in [0.4, 0.5) is 13.2 Å². The summed E-state index contributed by atoms with van der Waals surface area (Å²) in [5.74, 6) is -4.15. The van der Waals surface area contributed by atoms with Gasteiger partial charge in [0.25, 0.3) is 0 Å². The smallest absolute Gasteiger partial charge is 0.335 e. The van der Waals surface area contributed by atoms with E-state index in [9.17, 15) is 28.2 Å². The first-order valence-electron chi connectivity index (χ1n) is 11.8. The number of fused-ring (bicyclic) bond motifs is 3. The monoisotopic (exact) mass is 493 g/mol. The van der Waals surface area contributed by atoms with Crippen LogP contribution in [0.1, 0.15) is 47.7 Å². The largest absolute Gasteiger partial charge is 0.507 e. The molecule has 4 aromatic rings. The molecule has 184 valence electrons. The molecule has 36 heavy (non-hydrogen) atoms. The lowest BCUT2D eigenvalue weighted by Gasteiger charge is -2.30. The number of aromatic nitrogens is 1. The molecule has 2 fully saturated rings. The van der Waals surface area contributed by atoms with Gasteiger partial charge in [0.2, 0.25) is 0 Å². The summed E-state index contributed by atoms with van der Waals surface area (Å²) in [6.07, 6.45) is 3.32. The Morgan fingerprint density at radius 2 is 1.61 bits per heavy atom. The zero-order valence-corrected chi connectivity index (χ0v) is 19.0. The predicted molar refractivity (Wildman–Crippen MR) is 127 cm³/mol. The van der Waals surface area contributed by atoms with E-state index in [0.717, 1.165) is 36.7 Å². The first kappa shape index (κ1) is 22.7. The third-order valence-corrected chi connectivity index (χ3v) is 7.31. The van der Waals surface area contributed by atoms with Crippen LogP contribution in [0.25, 0.3) is 27.7 Å². The summed E-state index contributed by atoms with van der Waals surface area (Å²) in [6.45, 7) is 0. The van der Waals surface area contributed by atoms with Gasteiger partial charge < -0.3 is 19.5 Å². The Bertz CT molecular complexity index is 1500. The number of hydrogen-bond acceptors (Lipinski definition) is 3. The Balaban J connectivity index is 1.70. The summed E-state index contributed by atoms with van der Waals surface area (Å²) >= 11 is 0.